The molecule has 3 amide bonds. The minimum absolute atomic E-state index is 0.254. The molecule has 8 heteroatoms. The van der Waals surface area contributed by atoms with Gasteiger partial charge in [-0.1, -0.05) is 127 Å². The molecular formula is C43H40N4O4. The second kappa shape index (κ2) is 12.2. The van der Waals surface area contributed by atoms with Crippen LogP contribution in [0.2, 0.25) is 0 Å². The number of para-hydroxylation sites is 2. The smallest absolute Gasteiger partial charge is 0.412 e. The van der Waals surface area contributed by atoms with Crippen LogP contribution >= 0.6 is 0 Å². The van der Waals surface area contributed by atoms with Crippen molar-refractivity contribution in [2.45, 2.75) is 63.1 Å². The standard InChI is InChI=1S/C43H40N4O4/c1-41(2,3)51-40(50)47-37(27-30-17-7-4-8-18-30)44-42(33-23-13-15-25-35(33)45(38(42)48)28-31-19-9-5-10-20-31)43(47)34-24-14-16-26-36(34)46(39(43)49)29-32-21-11-6-12-22-32/h4-26,37,44H,27-29H2,1-3H3/t37-,42+,43+/m0/s1. The van der Waals surface area contributed by atoms with Gasteiger partial charge in [-0.05, 0) is 49.6 Å². The van der Waals surface area contributed by atoms with Crippen LogP contribution in [-0.4, -0.2) is 34.6 Å². The predicted molar refractivity (Wildman–Crippen MR) is 197 cm³/mol. The van der Waals surface area contributed by atoms with E-state index in [1.807, 2.05) is 160 Å². The van der Waals surface area contributed by atoms with Gasteiger partial charge in [0.15, 0.2) is 11.1 Å². The fourth-order valence-corrected chi connectivity index (χ4v) is 8.21. The summed E-state index contributed by atoms with van der Waals surface area (Å²) in [7, 11) is 0. The number of anilines is 2. The zero-order valence-electron chi connectivity index (χ0n) is 29.0. The van der Waals surface area contributed by atoms with Crippen molar-refractivity contribution in [3.63, 3.8) is 0 Å². The summed E-state index contributed by atoms with van der Waals surface area (Å²) in [4.78, 5) is 51.6. The lowest BCUT2D eigenvalue weighted by molar-refractivity contribution is -0.140. The fraction of sp³-hybridized carbons (Fsp3) is 0.233. The van der Waals surface area contributed by atoms with Crippen LogP contribution in [0.25, 0.3) is 0 Å². The van der Waals surface area contributed by atoms with E-state index in [2.05, 4.69) is 5.32 Å². The van der Waals surface area contributed by atoms with E-state index in [0.29, 0.717) is 28.9 Å². The van der Waals surface area contributed by atoms with Crippen molar-refractivity contribution in [2.75, 3.05) is 9.80 Å². The van der Waals surface area contributed by atoms with E-state index in [4.69, 9.17) is 4.74 Å². The first kappa shape index (κ1) is 32.5. The van der Waals surface area contributed by atoms with Crippen LogP contribution in [0, 0.1) is 0 Å². The highest BCUT2D eigenvalue weighted by atomic mass is 16.6. The largest absolute Gasteiger partial charge is 0.444 e. The molecule has 1 N–H and O–H groups in total. The first-order valence-electron chi connectivity index (χ1n) is 17.4. The molecule has 0 unspecified atom stereocenters. The van der Waals surface area contributed by atoms with Crippen molar-refractivity contribution in [1.82, 2.24) is 10.2 Å². The highest BCUT2D eigenvalue weighted by Crippen LogP contribution is 2.62. The highest BCUT2D eigenvalue weighted by molar-refractivity contribution is 6.19. The third-order valence-corrected chi connectivity index (χ3v) is 10.1. The minimum Gasteiger partial charge on any atom is -0.444 e. The molecule has 2 spiro atoms. The summed E-state index contributed by atoms with van der Waals surface area (Å²) in [5.74, 6) is -0.674. The van der Waals surface area contributed by atoms with Crippen LogP contribution in [0.1, 0.15) is 48.6 Å². The quantitative estimate of drug-likeness (QED) is 0.205. The highest BCUT2D eigenvalue weighted by Gasteiger charge is 2.79. The van der Waals surface area contributed by atoms with Gasteiger partial charge in [-0.15, -0.1) is 0 Å². The van der Waals surface area contributed by atoms with E-state index in [1.54, 1.807) is 14.7 Å². The summed E-state index contributed by atoms with van der Waals surface area (Å²) in [5.41, 5.74) is 0.923. The van der Waals surface area contributed by atoms with Crippen LogP contribution in [-0.2, 0) is 44.9 Å². The molecule has 3 aliphatic rings. The average molecular weight is 677 g/mol. The van der Waals surface area contributed by atoms with Gasteiger partial charge in [0, 0.05) is 23.2 Å². The molecule has 0 aromatic heterocycles. The Kier molecular flexibility index (Phi) is 7.80. The molecule has 0 saturated carbocycles. The Morgan fingerprint density at radius 2 is 1.08 bits per heavy atom. The van der Waals surface area contributed by atoms with Crippen LogP contribution < -0.4 is 15.1 Å². The molecule has 0 bridgehead atoms. The molecule has 3 heterocycles. The van der Waals surface area contributed by atoms with Crippen molar-refractivity contribution in [1.29, 1.82) is 0 Å². The van der Waals surface area contributed by atoms with E-state index in [1.165, 1.54) is 0 Å². The van der Waals surface area contributed by atoms with Crippen molar-refractivity contribution in [2.24, 2.45) is 0 Å². The molecule has 0 aliphatic carbocycles. The Morgan fingerprint density at radius 1 is 0.627 bits per heavy atom. The minimum atomic E-state index is -1.85. The lowest BCUT2D eigenvalue weighted by Gasteiger charge is -2.43. The Balaban J connectivity index is 1.41. The summed E-state index contributed by atoms with van der Waals surface area (Å²) in [5, 5.41) is 3.73. The maximum atomic E-state index is 15.9. The van der Waals surface area contributed by atoms with Gasteiger partial charge in [0.2, 0.25) is 0 Å². The molecule has 3 aliphatic heterocycles. The zero-order valence-corrected chi connectivity index (χ0v) is 29.0. The number of nitrogens with zero attached hydrogens (tertiary/aromatic N) is 3. The van der Waals surface area contributed by atoms with Gasteiger partial charge < -0.3 is 14.5 Å². The maximum absolute atomic E-state index is 15.9. The molecule has 5 aromatic carbocycles. The third-order valence-electron chi connectivity index (χ3n) is 10.1. The van der Waals surface area contributed by atoms with Gasteiger partial charge >= 0.3 is 6.09 Å². The molecular weight excluding hydrogens is 636 g/mol. The SMILES string of the molecule is CC(C)(C)OC(=O)N1[C@@H](Cc2ccccc2)N[C@]2(C(=O)N(Cc3ccccc3)c3ccccc32)[C@@]12C(=O)N(Cc1ccccc1)c1ccccc12. The fourth-order valence-electron chi connectivity index (χ4n) is 8.21. The van der Waals surface area contributed by atoms with E-state index >= 15 is 9.59 Å². The summed E-state index contributed by atoms with van der Waals surface area (Å²) in [6, 6.07) is 44.6. The zero-order chi connectivity index (χ0) is 35.4. The van der Waals surface area contributed by atoms with Gasteiger partial charge in [-0.2, -0.15) is 0 Å². The summed E-state index contributed by atoms with van der Waals surface area (Å²) in [6.45, 7) is 5.98. The van der Waals surface area contributed by atoms with E-state index in [-0.39, 0.29) is 24.9 Å². The second-order valence-electron chi connectivity index (χ2n) is 14.4. The van der Waals surface area contributed by atoms with Crippen molar-refractivity contribution >= 4 is 29.3 Å². The van der Waals surface area contributed by atoms with Crippen molar-refractivity contribution in [3.8, 4) is 0 Å². The Hall–Kier alpha value is -5.73. The van der Waals surface area contributed by atoms with Gasteiger partial charge in [0.25, 0.3) is 11.8 Å². The monoisotopic (exact) mass is 676 g/mol. The van der Waals surface area contributed by atoms with Crippen LogP contribution in [0.4, 0.5) is 16.2 Å². The predicted octanol–water partition coefficient (Wildman–Crippen LogP) is 7.28. The Labute approximate surface area is 298 Å². The second-order valence-corrected chi connectivity index (χ2v) is 14.4. The van der Waals surface area contributed by atoms with Gasteiger partial charge in [0.05, 0.1) is 24.9 Å². The molecule has 0 radical (unpaired) electrons. The Morgan fingerprint density at radius 3 is 1.63 bits per heavy atom. The van der Waals surface area contributed by atoms with Gasteiger partial charge in [0.1, 0.15) is 5.60 Å². The number of nitrogens with one attached hydrogen (secondary N) is 1. The number of fused-ring (bicyclic) bond motifs is 5. The van der Waals surface area contributed by atoms with Gasteiger partial charge in [-0.3, -0.25) is 19.8 Å². The first-order chi connectivity index (χ1) is 24.6. The third kappa shape index (κ3) is 5.04. The van der Waals surface area contributed by atoms with Crippen molar-refractivity contribution in [3.05, 3.63) is 167 Å². The van der Waals surface area contributed by atoms with E-state index in [0.717, 1.165) is 16.7 Å². The maximum Gasteiger partial charge on any atom is 0.412 e. The number of benzene rings is 5. The number of hydrogen-bond acceptors (Lipinski definition) is 5. The molecule has 256 valence electrons. The summed E-state index contributed by atoms with van der Waals surface area (Å²) in [6.07, 6.45) is -1.15. The normalized spacial score (nSPS) is 22.2. The number of carbonyl (C=O) groups excluding carboxylic acids is 3. The number of carbonyl (C=O) groups is 3. The van der Waals surface area contributed by atoms with Crippen LogP contribution in [0.3, 0.4) is 0 Å². The lowest BCUT2D eigenvalue weighted by Crippen LogP contribution is -2.66. The number of ether oxygens (including phenoxy) is 1. The molecule has 51 heavy (non-hydrogen) atoms. The number of rotatable bonds is 6. The molecule has 8 rings (SSSR count). The van der Waals surface area contributed by atoms with Crippen LogP contribution in [0.15, 0.2) is 140 Å². The molecule has 5 aromatic rings. The number of hydrogen-bond donors (Lipinski definition) is 1. The van der Waals surface area contributed by atoms with E-state index < -0.39 is 28.9 Å². The lowest BCUT2D eigenvalue weighted by atomic mass is 9.69. The molecule has 1 saturated heterocycles. The van der Waals surface area contributed by atoms with E-state index in [9.17, 15) is 4.79 Å². The summed E-state index contributed by atoms with van der Waals surface area (Å²) >= 11 is 0. The molecule has 8 nitrogen and oxygen atoms in total. The average Bonchev–Trinajstić information content (AvgIpc) is 3.66. The topological polar surface area (TPSA) is 82.2 Å². The molecule has 1 fully saturated rings. The molecule has 3 atom stereocenters. The summed E-state index contributed by atoms with van der Waals surface area (Å²) < 4.78 is 6.19. The first-order valence-corrected chi connectivity index (χ1v) is 17.4. The van der Waals surface area contributed by atoms with Gasteiger partial charge in [-0.25, -0.2) is 4.79 Å². The Bertz CT molecular complexity index is 2120. The van der Waals surface area contributed by atoms with Crippen LogP contribution in [0.5, 0.6) is 0 Å². The number of amides is 3. The van der Waals surface area contributed by atoms with Crippen molar-refractivity contribution < 1.29 is 19.1 Å².